The molecule has 0 nitrogen and oxygen atoms in total. The molecule has 2 fully saturated rings. The number of aryl methyl sites for hydroxylation is 1. The topological polar surface area (TPSA) is 0 Å². The maximum atomic E-state index is 15.3. The van der Waals surface area contributed by atoms with Gasteiger partial charge in [0.2, 0.25) is 0 Å². The van der Waals surface area contributed by atoms with Gasteiger partial charge in [-0.25, -0.2) is 17.6 Å². The minimum Gasteiger partial charge on any atom is -0.203 e. The van der Waals surface area contributed by atoms with E-state index in [0.717, 1.165) is 31.6 Å². The van der Waals surface area contributed by atoms with Crippen LogP contribution in [-0.4, -0.2) is 0 Å². The van der Waals surface area contributed by atoms with Crippen molar-refractivity contribution in [2.75, 3.05) is 0 Å². The minimum atomic E-state index is -0.891. The zero-order valence-corrected chi connectivity index (χ0v) is 22.1. The lowest BCUT2D eigenvalue weighted by Crippen LogP contribution is -2.25. The molecule has 3 aromatic carbocycles. The fourth-order valence-electron chi connectivity index (χ4n) is 6.77. The summed E-state index contributed by atoms with van der Waals surface area (Å²) in [5.41, 5.74) is 2.12. The average molecular weight is 521 g/mol. The quantitative estimate of drug-likeness (QED) is 0.224. The zero-order valence-electron chi connectivity index (χ0n) is 22.1. The molecule has 0 aliphatic heterocycles. The van der Waals surface area contributed by atoms with E-state index in [2.05, 4.69) is 12.7 Å². The Bertz CT molecular complexity index is 1280. The van der Waals surface area contributed by atoms with E-state index >= 15 is 8.78 Å². The average Bonchev–Trinajstić information content (AvgIpc) is 2.96. The Kier molecular flexibility index (Phi) is 8.07. The lowest BCUT2D eigenvalue weighted by atomic mass is 9.68. The summed E-state index contributed by atoms with van der Waals surface area (Å²) < 4.78 is 59.4. The van der Waals surface area contributed by atoms with Gasteiger partial charge < -0.3 is 0 Å². The third-order valence-electron chi connectivity index (χ3n) is 9.19. The third kappa shape index (κ3) is 5.19. The van der Waals surface area contributed by atoms with Crippen molar-refractivity contribution in [3.05, 3.63) is 95.6 Å². The Morgan fingerprint density at radius 2 is 1.13 bits per heavy atom. The van der Waals surface area contributed by atoms with Crippen molar-refractivity contribution >= 4 is 0 Å². The standard InChI is InChI=1S/C34H36F4/c1-3-21-5-7-23(8-6-21)24-9-11-25(12-10-24)29-19-20-30(34(38)33(29)37)27-15-13-26(14-16-27)28-18-17-22(4-2)31(35)32(28)36/h3,13-21,23-25H,1,4-12H2,2H3. The molecule has 0 N–H and O–H groups in total. The zero-order chi connectivity index (χ0) is 26.8. The van der Waals surface area contributed by atoms with E-state index in [-0.39, 0.29) is 17.0 Å². The van der Waals surface area contributed by atoms with Crippen LogP contribution in [0.5, 0.6) is 0 Å². The number of hydrogen-bond acceptors (Lipinski definition) is 0. The SMILES string of the molecule is C=CC1CCC(C2CCC(c3ccc(-c4ccc(-c5ccc(CC)c(F)c5F)cc4)c(F)c3F)CC2)CC1. The Labute approximate surface area is 223 Å². The third-order valence-corrected chi connectivity index (χ3v) is 9.19. The van der Waals surface area contributed by atoms with Crippen molar-refractivity contribution in [2.24, 2.45) is 17.8 Å². The van der Waals surface area contributed by atoms with Gasteiger partial charge in [-0.2, -0.15) is 0 Å². The van der Waals surface area contributed by atoms with E-state index in [1.165, 1.54) is 25.7 Å². The van der Waals surface area contributed by atoms with E-state index in [0.29, 0.717) is 40.5 Å². The van der Waals surface area contributed by atoms with Crippen molar-refractivity contribution in [1.29, 1.82) is 0 Å². The van der Waals surface area contributed by atoms with Gasteiger partial charge in [-0.05, 0) is 104 Å². The van der Waals surface area contributed by atoms with E-state index < -0.39 is 23.3 Å². The van der Waals surface area contributed by atoms with Crippen LogP contribution in [0.15, 0.2) is 61.2 Å². The number of halogens is 4. The maximum Gasteiger partial charge on any atom is 0.166 e. The smallest absolute Gasteiger partial charge is 0.166 e. The second-order valence-corrected chi connectivity index (χ2v) is 11.2. The van der Waals surface area contributed by atoms with Crippen LogP contribution in [0.3, 0.4) is 0 Å². The molecule has 0 radical (unpaired) electrons. The Hall–Kier alpha value is -2.88. The molecule has 200 valence electrons. The summed E-state index contributed by atoms with van der Waals surface area (Å²) in [7, 11) is 0. The summed E-state index contributed by atoms with van der Waals surface area (Å²) in [6.07, 6.45) is 11.4. The number of hydrogen-bond donors (Lipinski definition) is 0. The van der Waals surface area contributed by atoms with Crippen LogP contribution in [0.1, 0.15) is 75.3 Å². The molecular weight excluding hydrogens is 484 g/mol. The molecule has 5 rings (SSSR count). The lowest BCUT2D eigenvalue weighted by Gasteiger charge is -2.37. The van der Waals surface area contributed by atoms with Gasteiger partial charge in [0.15, 0.2) is 23.3 Å². The molecule has 2 aliphatic carbocycles. The molecule has 4 heteroatoms. The van der Waals surface area contributed by atoms with Crippen LogP contribution >= 0.6 is 0 Å². The van der Waals surface area contributed by atoms with Crippen molar-refractivity contribution < 1.29 is 17.6 Å². The van der Waals surface area contributed by atoms with Gasteiger partial charge in [-0.1, -0.05) is 61.5 Å². The summed E-state index contributed by atoms with van der Waals surface area (Å²) in [6.45, 7) is 5.71. The predicted molar refractivity (Wildman–Crippen MR) is 147 cm³/mol. The van der Waals surface area contributed by atoms with Crippen molar-refractivity contribution in [3.63, 3.8) is 0 Å². The lowest BCUT2D eigenvalue weighted by molar-refractivity contribution is 0.171. The van der Waals surface area contributed by atoms with Crippen molar-refractivity contribution in [3.8, 4) is 22.3 Å². The minimum absolute atomic E-state index is 0.0469. The second kappa shape index (κ2) is 11.5. The maximum absolute atomic E-state index is 15.3. The normalized spacial score (nSPS) is 23.8. The van der Waals surface area contributed by atoms with Crippen LogP contribution in [0.25, 0.3) is 22.3 Å². The van der Waals surface area contributed by atoms with Gasteiger partial charge in [0.1, 0.15) is 0 Å². The van der Waals surface area contributed by atoms with E-state index in [1.807, 2.05) is 0 Å². The summed E-state index contributed by atoms with van der Waals surface area (Å²) in [5.74, 6) is -1.18. The highest BCUT2D eigenvalue weighted by molar-refractivity contribution is 5.71. The molecule has 0 amide bonds. The number of rotatable bonds is 6. The van der Waals surface area contributed by atoms with Crippen LogP contribution in [0.4, 0.5) is 17.6 Å². The molecular formula is C34H36F4. The number of allylic oxidation sites excluding steroid dienone is 1. The Morgan fingerprint density at radius 1 is 0.632 bits per heavy atom. The van der Waals surface area contributed by atoms with Gasteiger partial charge in [0.05, 0.1) is 0 Å². The molecule has 0 bridgehead atoms. The molecule has 0 aromatic heterocycles. The molecule has 3 aromatic rings. The molecule has 2 aliphatic rings. The second-order valence-electron chi connectivity index (χ2n) is 11.2. The van der Waals surface area contributed by atoms with Crippen LogP contribution in [0, 0.1) is 41.0 Å². The summed E-state index contributed by atoms with van der Waals surface area (Å²) in [6, 6.07) is 13.0. The van der Waals surface area contributed by atoms with Gasteiger partial charge in [0, 0.05) is 11.1 Å². The van der Waals surface area contributed by atoms with E-state index in [4.69, 9.17) is 0 Å². The van der Waals surface area contributed by atoms with E-state index in [1.54, 1.807) is 55.5 Å². The first-order valence-electron chi connectivity index (χ1n) is 14.1. The fourth-order valence-corrected chi connectivity index (χ4v) is 6.77. The monoisotopic (exact) mass is 520 g/mol. The first-order chi connectivity index (χ1) is 18.4. The number of benzene rings is 3. The van der Waals surface area contributed by atoms with Gasteiger partial charge in [-0.15, -0.1) is 6.58 Å². The highest BCUT2D eigenvalue weighted by atomic mass is 19.2. The highest BCUT2D eigenvalue weighted by Gasteiger charge is 2.32. The molecule has 0 unspecified atom stereocenters. The summed E-state index contributed by atoms with van der Waals surface area (Å²) in [4.78, 5) is 0. The molecule has 0 atom stereocenters. The van der Waals surface area contributed by atoms with E-state index in [9.17, 15) is 8.78 Å². The first kappa shape index (κ1) is 26.7. The Balaban J connectivity index is 1.28. The molecule has 38 heavy (non-hydrogen) atoms. The Morgan fingerprint density at radius 3 is 1.66 bits per heavy atom. The summed E-state index contributed by atoms with van der Waals surface area (Å²) in [5, 5.41) is 0. The molecule has 0 spiro atoms. The van der Waals surface area contributed by atoms with Gasteiger partial charge in [0.25, 0.3) is 0 Å². The predicted octanol–water partition coefficient (Wildman–Crippen LogP) is 10.4. The van der Waals surface area contributed by atoms with Crippen LogP contribution in [-0.2, 0) is 6.42 Å². The summed E-state index contributed by atoms with van der Waals surface area (Å²) >= 11 is 0. The molecule has 2 saturated carbocycles. The molecule has 0 heterocycles. The first-order valence-corrected chi connectivity index (χ1v) is 14.1. The van der Waals surface area contributed by atoms with Gasteiger partial charge in [-0.3, -0.25) is 0 Å². The fraction of sp³-hybridized carbons (Fsp3) is 0.412. The van der Waals surface area contributed by atoms with Gasteiger partial charge >= 0.3 is 0 Å². The molecule has 0 saturated heterocycles. The largest absolute Gasteiger partial charge is 0.203 e. The van der Waals surface area contributed by atoms with Crippen LogP contribution in [0.2, 0.25) is 0 Å². The van der Waals surface area contributed by atoms with Crippen molar-refractivity contribution in [1.82, 2.24) is 0 Å². The van der Waals surface area contributed by atoms with Crippen LogP contribution < -0.4 is 0 Å². The highest BCUT2D eigenvalue weighted by Crippen LogP contribution is 2.45. The van der Waals surface area contributed by atoms with Crippen molar-refractivity contribution in [2.45, 2.75) is 70.6 Å².